The van der Waals surface area contributed by atoms with Crippen LogP contribution in [-0.4, -0.2) is 11.8 Å². The first-order chi connectivity index (χ1) is 13.6. The van der Waals surface area contributed by atoms with E-state index in [-0.39, 0.29) is 6.42 Å². The lowest BCUT2D eigenvalue weighted by molar-refractivity contribution is -0.306. The molecule has 0 amide bonds. The smallest absolute Gasteiger partial charge is 0.139 e. The van der Waals surface area contributed by atoms with Gasteiger partial charge in [-0.05, 0) is 85.9 Å². The fraction of sp³-hybridized carbons (Fsp3) is 0.923. The average Bonchev–Trinajstić information content (AvgIpc) is 3.00. The molecule has 3 saturated carbocycles. The molecule has 0 bridgehead atoms. The van der Waals surface area contributed by atoms with Gasteiger partial charge >= 0.3 is 0 Å². The maximum Gasteiger partial charge on any atom is 0.139 e. The monoisotopic (exact) mass is 403 g/mol. The van der Waals surface area contributed by atoms with Crippen LogP contribution >= 0.6 is 0 Å². The molecule has 3 aliphatic rings. The van der Waals surface area contributed by atoms with Crippen LogP contribution in [0.5, 0.6) is 0 Å². The third-order valence-corrected chi connectivity index (χ3v) is 9.65. The zero-order valence-corrected chi connectivity index (χ0v) is 19.5. The van der Waals surface area contributed by atoms with Gasteiger partial charge in [0.2, 0.25) is 0 Å². The second-order valence-corrected chi connectivity index (χ2v) is 11.7. The summed E-state index contributed by atoms with van der Waals surface area (Å²) in [4.78, 5) is 24.0. The summed E-state index contributed by atoms with van der Waals surface area (Å²) in [7, 11) is 0. The highest BCUT2D eigenvalue weighted by Gasteiger charge is 2.59. The molecule has 3 fully saturated rings. The van der Waals surface area contributed by atoms with Gasteiger partial charge in [-0.1, -0.05) is 53.9 Å². The highest BCUT2D eigenvalue weighted by atomic mass is 16.4. The summed E-state index contributed by atoms with van der Waals surface area (Å²) in [6.07, 6.45) is 11.1. The summed E-state index contributed by atoms with van der Waals surface area (Å²) < 4.78 is 0. The molecule has 3 rings (SSSR count). The summed E-state index contributed by atoms with van der Waals surface area (Å²) in [5.74, 6) is 3.38. The minimum atomic E-state index is -1.02. The molecule has 0 saturated heterocycles. The van der Waals surface area contributed by atoms with Gasteiger partial charge in [0.15, 0.2) is 0 Å². The summed E-state index contributed by atoms with van der Waals surface area (Å²) in [6, 6.07) is 0. The lowest BCUT2D eigenvalue weighted by Gasteiger charge is -2.56. The molecule has 7 atom stereocenters. The fourth-order valence-corrected chi connectivity index (χ4v) is 7.98. The Balaban J connectivity index is 1.73. The van der Waals surface area contributed by atoms with E-state index in [1.807, 2.05) is 0 Å². The zero-order chi connectivity index (χ0) is 21.4. The predicted molar refractivity (Wildman–Crippen MR) is 115 cm³/mol. The Morgan fingerprint density at radius 3 is 2.45 bits per heavy atom. The van der Waals surface area contributed by atoms with E-state index in [0.717, 1.165) is 30.6 Å². The van der Waals surface area contributed by atoms with Crippen LogP contribution in [0.15, 0.2) is 0 Å². The number of carboxylic acids is 1. The van der Waals surface area contributed by atoms with E-state index in [4.69, 9.17) is 0 Å². The van der Waals surface area contributed by atoms with Crippen molar-refractivity contribution in [1.29, 1.82) is 0 Å². The molecule has 0 spiro atoms. The van der Waals surface area contributed by atoms with Crippen LogP contribution < -0.4 is 5.11 Å². The average molecular weight is 404 g/mol. The molecule has 0 aliphatic heterocycles. The maximum absolute atomic E-state index is 12.9. The third kappa shape index (κ3) is 4.30. The second-order valence-electron chi connectivity index (χ2n) is 11.7. The van der Waals surface area contributed by atoms with Crippen molar-refractivity contribution in [3.8, 4) is 0 Å². The van der Waals surface area contributed by atoms with Gasteiger partial charge in [-0.15, -0.1) is 0 Å². The number of hydrogen-bond donors (Lipinski definition) is 0. The molecule has 0 heterocycles. The number of hydrogen-bond acceptors (Lipinski definition) is 3. The van der Waals surface area contributed by atoms with Crippen LogP contribution in [0.1, 0.15) is 105 Å². The maximum atomic E-state index is 12.9. The van der Waals surface area contributed by atoms with Crippen molar-refractivity contribution in [2.24, 2.45) is 46.3 Å². The van der Waals surface area contributed by atoms with Crippen LogP contribution in [0.25, 0.3) is 0 Å². The number of Topliss-reactive ketones (excluding diaryl/α,β-unsaturated/α-hetero) is 1. The van der Waals surface area contributed by atoms with Crippen LogP contribution in [0.2, 0.25) is 0 Å². The number of ketones is 1. The molecule has 3 heteroatoms. The van der Waals surface area contributed by atoms with E-state index in [9.17, 15) is 14.7 Å². The first-order valence-electron chi connectivity index (χ1n) is 12.3. The van der Waals surface area contributed by atoms with Crippen molar-refractivity contribution >= 4 is 11.8 Å². The molecule has 29 heavy (non-hydrogen) atoms. The number of fused-ring (bicyclic) bond motifs is 3. The quantitative estimate of drug-likeness (QED) is 0.545. The van der Waals surface area contributed by atoms with Gasteiger partial charge in [-0.2, -0.15) is 0 Å². The Bertz CT molecular complexity index is 611. The van der Waals surface area contributed by atoms with Crippen LogP contribution in [0, 0.1) is 46.3 Å². The normalized spacial score (nSPS) is 40.6. The van der Waals surface area contributed by atoms with E-state index >= 15 is 0 Å². The topological polar surface area (TPSA) is 57.2 Å². The molecule has 3 aliphatic carbocycles. The molecule has 0 aromatic heterocycles. The van der Waals surface area contributed by atoms with E-state index in [0.29, 0.717) is 41.8 Å². The van der Waals surface area contributed by atoms with Gasteiger partial charge in [0.25, 0.3) is 0 Å². The highest BCUT2D eigenvalue weighted by Crippen LogP contribution is 2.65. The molecule has 0 aromatic rings. The Kier molecular flexibility index (Phi) is 6.85. The van der Waals surface area contributed by atoms with Gasteiger partial charge in [-0.3, -0.25) is 4.79 Å². The molecule has 0 aromatic carbocycles. The Labute approximate surface area is 178 Å². The van der Waals surface area contributed by atoms with Gasteiger partial charge in [0, 0.05) is 17.8 Å². The van der Waals surface area contributed by atoms with Gasteiger partial charge in [-0.25, -0.2) is 0 Å². The van der Waals surface area contributed by atoms with E-state index in [1.54, 1.807) is 0 Å². The Morgan fingerprint density at radius 2 is 1.79 bits per heavy atom. The number of carbonyl (C=O) groups excluding carboxylic acids is 2. The minimum absolute atomic E-state index is 0.0168. The van der Waals surface area contributed by atoms with Gasteiger partial charge in [0.05, 0.1) is 0 Å². The molecule has 0 unspecified atom stereocenters. The van der Waals surface area contributed by atoms with Crippen molar-refractivity contribution in [3.63, 3.8) is 0 Å². The van der Waals surface area contributed by atoms with E-state index in [1.165, 1.54) is 38.5 Å². The third-order valence-electron chi connectivity index (χ3n) is 9.65. The van der Waals surface area contributed by atoms with Gasteiger partial charge < -0.3 is 9.90 Å². The minimum Gasteiger partial charge on any atom is -0.550 e. The number of carbonyl (C=O) groups is 2. The molecular weight excluding hydrogens is 360 g/mol. The van der Waals surface area contributed by atoms with Crippen molar-refractivity contribution in [2.45, 2.75) is 105 Å². The first-order valence-corrected chi connectivity index (χ1v) is 12.3. The summed E-state index contributed by atoms with van der Waals surface area (Å²) in [5, 5.41) is 11.1. The van der Waals surface area contributed by atoms with Crippen molar-refractivity contribution in [1.82, 2.24) is 0 Å². The lowest BCUT2D eigenvalue weighted by atomic mass is 9.48. The van der Waals surface area contributed by atoms with Crippen molar-refractivity contribution in [3.05, 3.63) is 0 Å². The van der Waals surface area contributed by atoms with Crippen LogP contribution in [-0.2, 0) is 9.59 Å². The molecule has 3 nitrogen and oxygen atoms in total. The lowest BCUT2D eigenvalue weighted by Crippen LogP contribution is -2.52. The standard InChI is InChI=1S/C26H44O3/c1-17(2)7-6-8-18(3)20-10-11-21-19-9-12-23(27)26(5,16-14-24(28)29)22(19)13-15-25(20,21)4/h17-22H,6-16H2,1-5H3,(H,28,29)/p-1/t18-,19-,20-,21-,22-,25-,26+/m1/s1. The number of rotatable bonds is 8. The summed E-state index contributed by atoms with van der Waals surface area (Å²) >= 11 is 0. The molecule has 0 radical (unpaired) electrons. The second kappa shape index (κ2) is 8.71. The molecular formula is C26H43O3-. The SMILES string of the molecule is CC(C)CCC[C@@H](C)[C@H]1CC[C@@H]2[C@H]3CCC(=O)[C@@](C)(CCC(=O)[O-])[C@@H]3CC[C@@]21C. The molecule has 166 valence electrons. The summed E-state index contributed by atoms with van der Waals surface area (Å²) in [6.45, 7) is 11.7. The predicted octanol–water partition coefficient (Wildman–Crippen LogP) is 5.41. The van der Waals surface area contributed by atoms with Crippen LogP contribution in [0.4, 0.5) is 0 Å². The van der Waals surface area contributed by atoms with Gasteiger partial charge in [0.1, 0.15) is 5.78 Å². The fourth-order valence-electron chi connectivity index (χ4n) is 7.98. The largest absolute Gasteiger partial charge is 0.550 e. The molecule has 0 N–H and O–H groups in total. The number of carboxylic acid groups (broad SMARTS) is 1. The Hall–Kier alpha value is -0.860. The summed E-state index contributed by atoms with van der Waals surface area (Å²) in [5.41, 5.74) is -0.0423. The van der Waals surface area contributed by atoms with E-state index < -0.39 is 11.4 Å². The number of aliphatic carboxylic acids is 1. The van der Waals surface area contributed by atoms with Crippen molar-refractivity contribution < 1.29 is 14.7 Å². The van der Waals surface area contributed by atoms with Crippen LogP contribution in [0.3, 0.4) is 0 Å². The first kappa shape index (κ1) is 22.8. The zero-order valence-electron chi connectivity index (χ0n) is 19.5. The van der Waals surface area contributed by atoms with E-state index in [2.05, 4.69) is 34.6 Å². The highest BCUT2D eigenvalue weighted by molar-refractivity contribution is 5.86. The Morgan fingerprint density at radius 1 is 1.07 bits per heavy atom. The van der Waals surface area contributed by atoms with Crippen molar-refractivity contribution in [2.75, 3.05) is 0 Å².